The Kier molecular flexibility index (Phi) is 5.13. The third-order valence-corrected chi connectivity index (χ3v) is 4.72. The Labute approximate surface area is 156 Å². The fraction of sp³-hybridized carbons (Fsp3) is 0.368. The third kappa shape index (κ3) is 4.16. The second-order valence-electron chi connectivity index (χ2n) is 6.63. The number of aryl methyl sites for hydroxylation is 1. The molecule has 1 aliphatic heterocycles. The zero-order chi connectivity index (χ0) is 18.5. The van der Waals surface area contributed by atoms with E-state index >= 15 is 0 Å². The molecule has 1 amide bonds. The lowest BCUT2D eigenvalue weighted by Gasteiger charge is -2.32. The number of aromatic nitrogens is 5. The summed E-state index contributed by atoms with van der Waals surface area (Å²) in [6.07, 6.45) is 10.3. The Morgan fingerprint density at radius 2 is 2.11 bits per heavy atom. The summed E-state index contributed by atoms with van der Waals surface area (Å²) < 4.78 is 5.33. The lowest BCUT2D eigenvalue weighted by Crippen LogP contribution is -2.40. The van der Waals surface area contributed by atoms with Crippen molar-refractivity contribution in [2.75, 3.05) is 13.1 Å². The predicted molar refractivity (Wildman–Crippen MR) is 96.5 cm³/mol. The van der Waals surface area contributed by atoms with Gasteiger partial charge in [0.2, 0.25) is 5.82 Å². The molecule has 4 heterocycles. The van der Waals surface area contributed by atoms with E-state index in [1.807, 2.05) is 17.0 Å². The maximum Gasteiger partial charge on any atom is 0.291 e. The lowest BCUT2D eigenvalue weighted by atomic mass is 9.93. The molecule has 0 N–H and O–H groups in total. The molecule has 1 unspecified atom stereocenters. The quantitative estimate of drug-likeness (QED) is 0.685. The van der Waals surface area contributed by atoms with Crippen molar-refractivity contribution in [2.24, 2.45) is 5.92 Å². The molecule has 138 valence electrons. The first-order chi connectivity index (χ1) is 13.3. The van der Waals surface area contributed by atoms with E-state index in [9.17, 15) is 4.79 Å². The van der Waals surface area contributed by atoms with Gasteiger partial charge in [0.05, 0.1) is 5.56 Å². The maximum atomic E-state index is 12.5. The van der Waals surface area contributed by atoms with Crippen LogP contribution in [0, 0.1) is 5.92 Å². The second-order valence-corrected chi connectivity index (χ2v) is 6.63. The molecule has 4 rings (SSSR count). The summed E-state index contributed by atoms with van der Waals surface area (Å²) in [5.41, 5.74) is 0.813. The molecule has 0 aliphatic carbocycles. The van der Waals surface area contributed by atoms with Crippen LogP contribution in [0.2, 0.25) is 0 Å². The molecular formula is C19H20N6O2. The van der Waals surface area contributed by atoms with Gasteiger partial charge in [0, 0.05) is 44.3 Å². The van der Waals surface area contributed by atoms with Gasteiger partial charge in [0.25, 0.3) is 11.8 Å². The monoisotopic (exact) mass is 364 g/mol. The minimum Gasteiger partial charge on any atom is -0.336 e. The van der Waals surface area contributed by atoms with Gasteiger partial charge in [0.15, 0.2) is 5.82 Å². The molecule has 0 spiro atoms. The van der Waals surface area contributed by atoms with Crippen molar-refractivity contribution in [3.63, 3.8) is 0 Å². The third-order valence-electron chi connectivity index (χ3n) is 4.72. The summed E-state index contributed by atoms with van der Waals surface area (Å²) in [7, 11) is 0. The summed E-state index contributed by atoms with van der Waals surface area (Å²) in [5, 5.41) is 4.06. The van der Waals surface area contributed by atoms with Gasteiger partial charge >= 0.3 is 0 Å². The highest BCUT2D eigenvalue weighted by Crippen LogP contribution is 2.23. The Bertz CT molecular complexity index is 883. The van der Waals surface area contributed by atoms with E-state index in [0.717, 1.165) is 37.8 Å². The molecule has 8 heteroatoms. The van der Waals surface area contributed by atoms with Crippen LogP contribution in [0.3, 0.4) is 0 Å². The van der Waals surface area contributed by atoms with E-state index in [-0.39, 0.29) is 11.7 Å². The molecule has 3 aromatic rings. The first kappa shape index (κ1) is 17.3. The van der Waals surface area contributed by atoms with Gasteiger partial charge < -0.3 is 9.42 Å². The average Bonchev–Trinajstić information content (AvgIpc) is 3.22. The van der Waals surface area contributed by atoms with Gasteiger partial charge in [-0.3, -0.25) is 9.78 Å². The SMILES string of the molecule is O=C(c1ncccn1)N1CCCC(CCc2noc(-c3cccnc3)n2)C1. The van der Waals surface area contributed by atoms with E-state index in [2.05, 4.69) is 25.1 Å². The zero-order valence-electron chi connectivity index (χ0n) is 14.9. The summed E-state index contributed by atoms with van der Waals surface area (Å²) >= 11 is 0. The number of hydrogen-bond donors (Lipinski definition) is 0. The standard InChI is InChI=1S/C19H20N6O2/c26-19(17-21-9-3-10-22-17)25-11-2-4-14(13-25)6-7-16-23-18(27-24-16)15-5-1-8-20-12-15/h1,3,5,8-10,12,14H,2,4,6-7,11,13H2. The molecule has 1 fully saturated rings. The zero-order valence-corrected chi connectivity index (χ0v) is 14.9. The van der Waals surface area contributed by atoms with Crippen LogP contribution >= 0.6 is 0 Å². The summed E-state index contributed by atoms with van der Waals surface area (Å²) in [6.45, 7) is 1.46. The van der Waals surface area contributed by atoms with E-state index in [0.29, 0.717) is 24.2 Å². The molecule has 1 atom stereocenters. The number of hydrogen-bond acceptors (Lipinski definition) is 7. The normalized spacial score (nSPS) is 17.0. The number of likely N-dealkylation sites (tertiary alicyclic amines) is 1. The first-order valence-electron chi connectivity index (χ1n) is 9.09. The fourth-order valence-corrected chi connectivity index (χ4v) is 3.33. The van der Waals surface area contributed by atoms with Crippen LogP contribution < -0.4 is 0 Å². The van der Waals surface area contributed by atoms with Crippen molar-refractivity contribution in [1.29, 1.82) is 0 Å². The van der Waals surface area contributed by atoms with E-state index in [1.165, 1.54) is 0 Å². The lowest BCUT2D eigenvalue weighted by molar-refractivity contribution is 0.0655. The minimum absolute atomic E-state index is 0.0984. The van der Waals surface area contributed by atoms with Gasteiger partial charge in [-0.1, -0.05) is 5.16 Å². The van der Waals surface area contributed by atoms with Crippen LogP contribution in [0.15, 0.2) is 47.5 Å². The van der Waals surface area contributed by atoms with Crippen LogP contribution in [-0.2, 0) is 6.42 Å². The van der Waals surface area contributed by atoms with Crippen LogP contribution in [0.4, 0.5) is 0 Å². The molecule has 3 aromatic heterocycles. The highest BCUT2D eigenvalue weighted by molar-refractivity contribution is 5.90. The van der Waals surface area contributed by atoms with Gasteiger partial charge in [-0.2, -0.15) is 4.98 Å². The van der Waals surface area contributed by atoms with Crippen molar-refractivity contribution in [3.05, 3.63) is 54.6 Å². The Hall–Kier alpha value is -3.16. The van der Waals surface area contributed by atoms with Crippen molar-refractivity contribution in [3.8, 4) is 11.5 Å². The maximum absolute atomic E-state index is 12.5. The second kappa shape index (κ2) is 8.03. The number of piperidine rings is 1. The van der Waals surface area contributed by atoms with Gasteiger partial charge in [-0.15, -0.1) is 0 Å². The molecular weight excluding hydrogens is 344 g/mol. The fourth-order valence-electron chi connectivity index (χ4n) is 3.33. The molecule has 8 nitrogen and oxygen atoms in total. The number of nitrogens with zero attached hydrogens (tertiary/aromatic N) is 6. The number of pyridine rings is 1. The highest BCUT2D eigenvalue weighted by atomic mass is 16.5. The van der Waals surface area contributed by atoms with Crippen LogP contribution in [0.1, 0.15) is 35.7 Å². The largest absolute Gasteiger partial charge is 0.336 e. The Morgan fingerprint density at radius 3 is 2.93 bits per heavy atom. The summed E-state index contributed by atoms with van der Waals surface area (Å²) in [6, 6.07) is 5.43. The highest BCUT2D eigenvalue weighted by Gasteiger charge is 2.26. The summed E-state index contributed by atoms with van der Waals surface area (Å²) in [5.74, 6) is 1.74. The average molecular weight is 364 g/mol. The van der Waals surface area contributed by atoms with Crippen molar-refractivity contribution in [2.45, 2.75) is 25.7 Å². The van der Waals surface area contributed by atoms with Gasteiger partial charge in [-0.25, -0.2) is 9.97 Å². The number of rotatable bonds is 5. The van der Waals surface area contributed by atoms with Crippen LogP contribution in [0.25, 0.3) is 11.5 Å². The Morgan fingerprint density at radius 1 is 1.22 bits per heavy atom. The first-order valence-corrected chi connectivity index (χ1v) is 9.09. The molecule has 0 radical (unpaired) electrons. The van der Waals surface area contributed by atoms with Crippen molar-refractivity contribution in [1.82, 2.24) is 30.0 Å². The van der Waals surface area contributed by atoms with Crippen molar-refractivity contribution >= 4 is 5.91 Å². The molecule has 0 aromatic carbocycles. The van der Waals surface area contributed by atoms with Crippen LogP contribution in [0.5, 0.6) is 0 Å². The topological polar surface area (TPSA) is 97.9 Å². The molecule has 0 bridgehead atoms. The van der Waals surface area contributed by atoms with E-state index < -0.39 is 0 Å². The van der Waals surface area contributed by atoms with Crippen LogP contribution in [-0.4, -0.2) is 49.0 Å². The molecule has 1 saturated heterocycles. The van der Waals surface area contributed by atoms with Gasteiger partial charge in [0.1, 0.15) is 0 Å². The number of carbonyl (C=O) groups excluding carboxylic acids is 1. The van der Waals surface area contributed by atoms with E-state index in [4.69, 9.17) is 4.52 Å². The number of amides is 1. The smallest absolute Gasteiger partial charge is 0.291 e. The summed E-state index contributed by atoms with van der Waals surface area (Å²) in [4.78, 5) is 31.0. The number of carbonyl (C=O) groups is 1. The van der Waals surface area contributed by atoms with Gasteiger partial charge in [-0.05, 0) is 43.4 Å². The Balaban J connectivity index is 1.34. The molecule has 0 saturated carbocycles. The van der Waals surface area contributed by atoms with E-state index in [1.54, 1.807) is 30.9 Å². The molecule has 27 heavy (non-hydrogen) atoms. The molecule has 1 aliphatic rings. The predicted octanol–water partition coefficient (Wildman–Crippen LogP) is 2.41. The van der Waals surface area contributed by atoms with Crippen molar-refractivity contribution < 1.29 is 9.32 Å². The minimum atomic E-state index is -0.0984.